The Hall–Kier alpha value is -0.570. The third-order valence-electron chi connectivity index (χ3n) is 3.07. The molecule has 3 heteroatoms. The second-order valence-electron chi connectivity index (χ2n) is 4.47. The zero-order valence-corrected chi connectivity index (χ0v) is 10.6. The van der Waals surface area contributed by atoms with Crippen molar-refractivity contribution in [1.82, 2.24) is 4.98 Å². The van der Waals surface area contributed by atoms with E-state index in [4.69, 9.17) is 0 Å². The lowest BCUT2D eigenvalue weighted by atomic mass is 9.87. The molecule has 0 radical (unpaired) electrons. The van der Waals surface area contributed by atoms with Crippen molar-refractivity contribution in [3.05, 3.63) is 22.9 Å². The maximum atomic E-state index is 4.07. The van der Waals surface area contributed by atoms with Crippen LogP contribution in [0.1, 0.15) is 32.6 Å². The van der Waals surface area contributed by atoms with Crippen molar-refractivity contribution in [3.8, 4) is 0 Å². The van der Waals surface area contributed by atoms with Crippen LogP contribution >= 0.6 is 15.9 Å². The Labute approximate surface area is 99.6 Å². The second-order valence-corrected chi connectivity index (χ2v) is 5.32. The van der Waals surface area contributed by atoms with Gasteiger partial charge in [-0.3, -0.25) is 4.98 Å². The number of anilines is 1. The number of nitrogens with zero attached hydrogens (tertiary/aromatic N) is 1. The van der Waals surface area contributed by atoms with E-state index in [1.54, 1.807) is 0 Å². The molecule has 1 N–H and O–H groups in total. The Morgan fingerprint density at radius 1 is 1.47 bits per heavy atom. The predicted molar refractivity (Wildman–Crippen MR) is 67.0 cm³/mol. The lowest BCUT2D eigenvalue weighted by molar-refractivity contribution is 0.358. The van der Waals surface area contributed by atoms with Gasteiger partial charge in [-0.2, -0.15) is 0 Å². The fourth-order valence-corrected chi connectivity index (χ4v) is 2.64. The Bertz CT molecular complexity index is 327. The van der Waals surface area contributed by atoms with Crippen LogP contribution < -0.4 is 5.32 Å². The van der Waals surface area contributed by atoms with Gasteiger partial charge in [-0.1, -0.05) is 19.8 Å². The number of nitrogens with one attached hydrogen (secondary N) is 1. The summed E-state index contributed by atoms with van der Waals surface area (Å²) in [6.45, 7) is 2.34. The molecular weight excluding hydrogens is 252 g/mol. The first-order valence-electron chi connectivity index (χ1n) is 5.62. The number of aromatic nitrogens is 1. The average Bonchev–Trinajstić information content (AvgIpc) is 2.22. The van der Waals surface area contributed by atoms with Crippen molar-refractivity contribution >= 4 is 21.6 Å². The second kappa shape index (κ2) is 4.97. The maximum Gasteiger partial charge on any atom is 0.0590 e. The van der Waals surface area contributed by atoms with Crippen molar-refractivity contribution in [3.63, 3.8) is 0 Å². The molecule has 0 aliphatic heterocycles. The number of rotatable bonds is 2. The number of hydrogen-bond donors (Lipinski definition) is 1. The zero-order chi connectivity index (χ0) is 10.7. The molecule has 15 heavy (non-hydrogen) atoms. The minimum Gasteiger partial charge on any atom is -0.381 e. The van der Waals surface area contributed by atoms with Crippen LogP contribution in [0.15, 0.2) is 22.9 Å². The molecule has 1 aromatic rings. The fourth-order valence-electron chi connectivity index (χ4n) is 2.28. The van der Waals surface area contributed by atoms with E-state index in [-0.39, 0.29) is 0 Å². The average molecular weight is 269 g/mol. The van der Waals surface area contributed by atoms with E-state index in [1.165, 1.54) is 31.4 Å². The quantitative estimate of drug-likeness (QED) is 0.882. The van der Waals surface area contributed by atoms with Crippen molar-refractivity contribution in [2.75, 3.05) is 5.32 Å². The normalized spacial score (nSPS) is 26.3. The first kappa shape index (κ1) is 10.9. The molecule has 1 aliphatic rings. The highest BCUT2D eigenvalue weighted by Crippen LogP contribution is 2.28. The minimum absolute atomic E-state index is 0.632. The molecule has 2 atom stereocenters. The summed E-state index contributed by atoms with van der Waals surface area (Å²) in [4.78, 5) is 4.07. The first-order valence-corrected chi connectivity index (χ1v) is 6.41. The number of hydrogen-bond acceptors (Lipinski definition) is 2. The summed E-state index contributed by atoms with van der Waals surface area (Å²) < 4.78 is 1.06. The van der Waals surface area contributed by atoms with Crippen LogP contribution in [0, 0.1) is 5.92 Å². The topological polar surface area (TPSA) is 24.9 Å². The van der Waals surface area contributed by atoms with Gasteiger partial charge in [0.15, 0.2) is 0 Å². The van der Waals surface area contributed by atoms with Crippen LogP contribution in [0.25, 0.3) is 0 Å². The number of pyridine rings is 1. The minimum atomic E-state index is 0.632. The third-order valence-corrected chi connectivity index (χ3v) is 3.70. The molecule has 0 amide bonds. The van der Waals surface area contributed by atoms with Crippen molar-refractivity contribution in [1.29, 1.82) is 0 Å². The van der Waals surface area contributed by atoms with E-state index in [0.29, 0.717) is 6.04 Å². The molecule has 82 valence electrons. The summed E-state index contributed by atoms with van der Waals surface area (Å²) in [5.74, 6) is 0.858. The molecule has 1 aliphatic carbocycles. The summed E-state index contributed by atoms with van der Waals surface area (Å²) in [5, 5.41) is 3.59. The Morgan fingerprint density at radius 3 is 3.07 bits per heavy atom. The lowest BCUT2D eigenvalue weighted by Crippen LogP contribution is -2.26. The van der Waals surface area contributed by atoms with Crippen molar-refractivity contribution in [2.45, 2.75) is 38.6 Å². The summed E-state index contributed by atoms with van der Waals surface area (Å²) in [5.41, 5.74) is 1.17. The summed E-state index contributed by atoms with van der Waals surface area (Å²) >= 11 is 3.51. The molecule has 2 unspecified atom stereocenters. The van der Waals surface area contributed by atoms with Gasteiger partial charge in [-0.05, 0) is 40.8 Å². The molecular formula is C12H17BrN2. The molecule has 1 fully saturated rings. The van der Waals surface area contributed by atoms with Crippen molar-refractivity contribution in [2.24, 2.45) is 5.92 Å². The fraction of sp³-hybridized carbons (Fsp3) is 0.583. The Balaban J connectivity index is 1.99. The van der Waals surface area contributed by atoms with E-state index in [9.17, 15) is 0 Å². The van der Waals surface area contributed by atoms with Crippen LogP contribution in [0.2, 0.25) is 0 Å². The van der Waals surface area contributed by atoms with Gasteiger partial charge in [-0.25, -0.2) is 0 Å². The predicted octanol–water partition coefficient (Wildman–Crippen LogP) is 3.83. The Kier molecular flexibility index (Phi) is 3.62. The van der Waals surface area contributed by atoms with E-state index in [0.717, 1.165) is 10.4 Å². The molecule has 2 nitrogen and oxygen atoms in total. The van der Waals surface area contributed by atoms with Gasteiger partial charge in [-0.15, -0.1) is 0 Å². The van der Waals surface area contributed by atoms with E-state index < -0.39 is 0 Å². The molecule has 0 spiro atoms. The van der Waals surface area contributed by atoms with Gasteiger partial charge in [0.25, 0.3) is 0 Å². The lowest BCUT2D eigenvalue weighted by Gasteiger charge is -2.28. The standard InChI is InChI=1S/C12H17BrN2/c1-9-3-2-4-10(7-9)15-12-5-6-14-8-11(12)13/h5-6,8-10H,2-4,7H2,1H3,(H,14,15). The molecule has 1 aromatic heterocycles. The summed E-state index contributed by atoms with van der Waals surface area (Å²) in [7, 11) is 0. The van der Waals surface area contributed by atoms with Gasteiger partial charge in [0.1, 0.15) is 0 Å². The van der Waals surface area contributed by atoms with E-state index in [1.807, 2.05) is 18.5 Å². The molecule has 1 saturated carbocycles. The highest BCUT2D eigenvalue weighted by molar-refractivity contribution is 9.10. The zero-order valence-electron chi connectivity index (χ0n) is 9.04. The van der Waals surface area contributed by atoms with Crippen molar-refractivity contribution < 1.29 is 0 Å². The van der Waals surface area contributed by atoms with E-state index >= 15 is 0 Å². The number of halogens is 1. The van der Waals surface area contributed by atoms with Crippen LogP contribution in [-0.2, 0) is 0 Å². The summed E-state index contributed by atoms with van der Waals surface area (Å²) in [6, 6.07) is 2.66. The highest BCUT2D eigenvalue weighted by atomic mass is 79.9. The van der Waals surface area contributed by atoms with Gasteiger partial charge < -0.3 is 5.32 Å². The summed E-state index contributed by atoms with van der Waals surface area (Å²) in [6.07, 6.45) is 8.99. The molecule has 2 rings (SSSR count). The molecule has 1 heterocycles. The highest BCUT2D eigenvalue weighted by Gasteiger charge is 2.18. The smallest absolute Gasteiger partial charge is 0.0590 e. The van der Waals surface area contributed by atoms with Crippen LogP contribution in [0.3, 0.4) is 0 Å². The molecule has 0 saturated heterocycles. The van der Waals surface area contributed by atoms with Crippen LogP contribution in [0.5, 0.6) is 0 Å². The van der Waals surface area contributed by atoms with E-state index in [2.05, 4.69) is 33.2 Å². The Morgan fingerprint density at radius 2 is 2.33 bits per heavy atom. The maximum absolute atomic E-state index is 4.07. The largest absolute Gasteiger partial charge is 0.381 e. The van der Waals surface area contributed by atoms with Crippen LogP contribution in [0.4, 0.5) is 5.69 Å². The molecule has 0 bridgehead atoms. The molecule has 0 aromatic carbocycles. The van der Waals surface area contributed by atoms with Gasteiger partial charge in [0.2, 0.25) is 0 Å². The van der Waals surface area contributed by atoms with Gasteiger partial charge in [0.05, 0.1) is 10.2 Å². The first-order chi connectivity index (χ1) is 7.25. The van der Waals surface area contributed by atoms with Gasteiger partial charge >= 0.3 is 0 Å². The third kappa shape index (κ3) is 2.94. The van der Waals surface area contributed by atoms with Crippen LogP contribution in [-0.4, -0.2) is 11.0 Å². The van der Waals surface area contributed by atoms with Gasteiger partial charge in [0, 0.05) is 18.4 Å². The SMILES string of the molecule is CC1CCCC(Nc2ccncc2Br)C1. The monoisotopic (exact) mass is 268 g/mol.